The van der Waals surface area contributed by atoms with E-state index in [-0.39, 0.29) is 11.9 Å². The molecule has 3 aromatic rings. The molecule has 1 unspecified atom stereocenters. The van der Waals surface area contributed by atoms with Crippen molar-refractivity contribution in [1.29, 1.82) is 0 Å². The maximum Gasteiger partial charge on any atom is 0.330 e. The van der Waals surface area contributed by atoms with Crippen molar-refractivity contribution >= 4 is 42.5 Å². The Morgan fingerprint density at radius 1 is 0.670 bits per heavy atom. The number of allylic oxidation sites excluding steroid dienone is 3. The second-order valence-corrected chi connectivity index (χ2v) is 23.0. The summed E-state index contributed by atoms with van der Waals surface area (Å²) in [6.07, 6.45) is 43.8. The van der Waals surface area contributed by atoms with Crippen LogP contribution in [-0.4, -0.2) is 107 Å². The highest BCUT2D eigenvalue weighted by molar-refractivity contribution is 7.99. The van der Waals surface area contributed by atoms with Gasteiger partial charge in [-0.1, -0.05) is 83.2 Å². The summed E-state index contributed by atoms with van der Waals surface area (Å²) >= 11 is 1.65. The normalized spacial score (nSPS) is 16.6. The summed E-state index contributed by atoms with van der Waals surface area (Å²) in [4.78, 5) is 40.8. The van der Waals surface area contributed by atoms with Crippen LogP contribution in [0.5, 0.6) is 17.2 Å². The molecule has 91 heavy (non-hydrogen) atoms. The van der Waals surface area contributed by atoms with Crippen LogP contribution in [0.4, 0.5) is 5.69 Å². The van der Waals surface area contributed by atoms with Gasteiger partial charge in [0.15, 0.2) is 0 Å². The molecule has 0 heterocycles. The number of aryl methyl sites for hydroxylation is 1. The van der Waals surface area contributed by atoms with Gasteiger partial charge in [0.2, 0.25) is 0 Å². The molecule has 3 aliphatic carbocycles. The molecule has 6 N–H and O–H groups in total. The molecule has 3 aliphatic rings. The first kappa shape index (κ1) is 86.5. The van der Waals surface area contributed by atoms with Gasteiger partial charge in [-0.15, -0.1) is 31.2 Å². The van der Waals surface area contributed by atoms with Gasteiger partial charge in [0.25, 0.3) is 0 Å². The molecule has 3 aromatic carbocycles. The van der Waals surface area contributed by atoms with E-state index in [1.807, 2.05) is 37.1 Å². The number of carbonyl (C=O) groups is 4. The molecule has 2 fully saturated rings. The van der Waals surface area contributed by atoms with E-state index >= 15 is 0 Å². The number of para-hydroxylation sites is 1. The van der Waals surface area contributed by atoms with Gasteiger partial charge in [-0.25, -0.2) is 14.6 Å². The highest BCUT2D eigenvalue weighted by atomic mass is 32.2. The second kappa shape index (κ2) is 60.9. The number of carbonyl (C=O) groups excluding carboxylic acids is 4. The summed E-state index contributed by atoms with van der Waals surface area (Å²) in [5.41, 5.74) is 9.16. The van der Waals surface area contributed by atoms with E-state index in [1.165, 1.54) is 75.5 Å². The number of unbranched alkanes of at least 4 members (excludes halogenated alkanes) is 8. The molecule has 0 aromatic heterocycles. The lowest BCUT2D eigenvalue weighted by Crippen LogP contribution is -2.31. The van der Waals surface area contributed by atoms with E-state index in [9.17, 15) is 14.4 Å². The number of rotatable bonds is 35. The van der Waals surface area contributed by atoms with Crippen molar-refractivity contribution < 1.29 is 57.8 Å². The van der Waals surface area contributed by atoms with E-state index in [2.05, 4.69) is 121 Å². The molecule has 15 nitrogen and oxygen atoms in total. The summed E-state index contributed by atoms with van der Waals surface area (Å²) < 4.78 is 34.7. The fourth-order valence-electron chi connectivity index (χ4n) is 9.98. The third-order valence-corrected chi connectivity index (χ3v) is 16.1. The lowest BCUT2D eigenvalue weighted by molar-refractivity contribution is -0.138. The smallest absolute Gasteiger partial charge is 0.330 e. The quantitative estimate of drug-likeness (QED) is 0.00368. The first-order valence-corrected chi connectivity index (χ1v) is 33.7. The van der Waals surface area contributed by atoms with Crippen LogP contribution in [-0.2, 0) is 33.4 Å². The molecular weight excluding hydrogens is 1170 g/mol. The van der Waals surface area contributed by atoms with Crippen LogP contribution >= 0.6 is 11.8 Å². The highest BCUT2D eigenvalue weighted by Gasteiger charge is 2.28. The molecule has 0 bridgehead atoms. The zero-order valence-electron chi connectivity index (χ0n) is 56.5. The van der Waals surface area contributed by atoms with Crippen LogP contribution in [0.15, 0.2) is 134 Å². The number of aldehydes is 1. The van der Waals surface area contributed by atoms with Gasteiger partial charge in [0.1, 0.15) is 36.1 Å². The van der Waals surface area contributed by atoms with Crippen molar-refractivity contribution in [2.24, 2.45) is 29.5 Å². The minimum absolute atomic E-state index is 0.348. The monoisotopic (exact) mass is 1280 g/mol. The largest absolute Gasteiger partial charge is 0.494 e. The van der Waals surface area contributed by atoms with Crippen molar-refractivity contribution in [3.05, 3.63) is 140 Å². The molecule has 1 atom stereocenters. The Balaban J connectivity index is 0. The van der Waals surface area contributed by atoms with Gasteiger partial charge in [-0.3, -0.25) is 5.84 Å². The third-order valence-electron chi connectivity index (χ3n) is 14.9. The highest BCUT2D eigenvalue weighted by Crippen LogP contribution is 2.39. The average Bonchev–Trinajstić information content (AvgIpc) is 1.62. The van der Waals surface area contributed by atoms with E-state index in [0.717, 1.165) is 181 Å². The first-order valence-electron chi connectivity index (χ1n) is 32.7. The van der Waals surface area contributed by atoms with Crippen LogP contribution in [0.2, 0.25) is 0 Å². The maximum atomic E-state index is 11.1. The van der Waals surface area contributed by atoms with Crippen molar-refractivity contribution in [3.63, 3.8) is 0 Å². The number of esters is 2. The molecule has 2 saturated carbocycles. The summed E-state index contributed by atoms with van der Waals surface area (Å²) in [6, 6.07) is 22.8. The number of terminal acetylenes is 1. The average molecular weight is 1280 g/mol. The fourth-order valence-corrected chi connectivity index (χ4v) is 10.8. The number of hydrogen-bond acceptors (Lipinski definition) is 16. The van der Waals surface area contributed by atoms with Crippen molar-refractivity contribution in [1.82, 2.24) is 5.01 Å². The number of nitrogen functional groups attached to an aromatic ring is 1. The van der Waals surface area contributed by atoms with Crippen molar-refractivity contribution in [2.75, 3.05) is 72.0 Å². The molecule has 6 rings (SSSR count). The summed E-state index contributed by atoms with van der Waals surface area (Å²) in [5, 5.41) is 15.8. The number of aliphatic hydroxyl groups is 2. The van der Waals surface area contributed by atoms with E-state index in [1.54, 1.807) is 16.8 Å². The minimum atomic E-state index is -0.352. The Bertz CT molecular complexity index is 2380. The van der Waals surface area contributed by atoms with Crippen LogP contribution in [0.25, 0.3) is 0 Å². The number of thioether (sulfide) groups is 1. The van der Waals surface area contributed by atoms with Crippen molar-refractivity contribution in [3.8, 4) is 30.1 Å². The number of hydrogen-bond donors (Lipinski definition) is 4. The first-order chi connectivity index (χ1) is 44.5. The molecule has 16 heteroatoms. The molecule has 0 spiro atoms. The van der Waals surface area contributed by atoms with E-state index in [0.29, 0.717) is 43.5 Å². The third kappa shape index (κ3) is 43.0. The molecular formula is C75H117N3O12S. The lowest BCUT2D eigenvalue weighted by atomic mass is 9.74. The standard InChI is InChI=1S/C51H70O8.C11H17N3S.C5H10O.C3H8.C2H2.2CH4O.CH2O/c1-4-50(52)56-34-12-8-6-10-32-54-46-26-22-44(23-27-46)42-18-14-40(15-19-42)37-58-48-30-31-49(39(3)36-48)59-38-41-16-20-43(21-17-41)45-24-28-47(29-25-45)55-33-11-7-9-13-35-57-51(53)5-2;1-2-3-8-14(13)9-15-11-7-5-4-6-10(11)12;1-2-3-4-5-6;1-3-2;4*1-2/h4-5,22,24-31,36,40-44H,1-2,6-21,23,32-35,37-38H2,3H3;2,4-7H,1,3,8-9,12-13H2;5H,2-4H2,1H3;3H2,1-2H3;1-2H;2*2H,1H3;1H2. The minimum Gasteiger partial charge on any atom is -0.494 e. The summed E-state index contributed by atoms with van der Waals surface area (Å²) in [7, 11) is 2.00. The SMILES string of the molecule is C#C.C=CC(=O)OCCCCCCOC1=CCC(C2CCC(COc3ccc(OCC4CCC(c5ccc(OCCCCCCOC(=O)C=C)cc5)CC4)c(C)c3)CC2)C=C1.C=CCCN(N)CSc1ccccc1N.C=O.CCC.CCCCC=O.CO.CO. The predicted octanol–water partition coefficient (Wildman–Crippen LogP) is 16.1. The summed E-state index contributed by atoms with van der Waals surface area (Å²) in [5.74, 6) is 12.8. The Morgan fingerprint density at radius 2 is 1.20 bits per heavy atom. The molecule has 0 radical (unpaired) electrons. The zero-order chi connectivity index (χ0) is 68.1. The topological polar surface area (TPSA) is 219 Å². The second-order valence-electron chi connectivity index (χ2n) is 22.0. The van der Waals surface area contributed by atoms with Crippen LogP contribution in [0.3, 0.4) is 0 Å². The number of ether oxygens (including phenoxy) is 6. The number of nitrogens with two attached hydrogens (primary N) is 2. The predicted molar refractivity (Wildman–Crippen MR) is 377 cm³/mol. The van der Waals surface area contributed by atoms with Gasteiger partial charge in [0.05, 0.1) is 45.5 Å². The van der Waals surface area contributed by atoms with Crippen LogP contribution in [0, 0.1) is 43.4 Å². The number of benzene rings is 3. The number of anilines is 1. The Labute approximate surface area is 553 Å². The van der Waals surface area contributed by atoms with Gasteiger partial charge in [0, 0.05) is 49.9 Å². The van der Waals surface area contributed by atoms with Crippen LogP contribution < -0.4 is 25.8 Å². The van der Waals surface area contributed by atoms with Gasteiger partial charge < -0.3 is 54.0 Å². The number of nitrogens with zero attached hydrogens (tertiary/aromatic N) is 1. The lowest BCUT2D eigenvalue weighted by Gasteiger charge is -2.33. The van der Waals surface area contributed by atoms with E-state index in [4.69, 9.17) is 55.0 Å². The molecule has 0 amide bonds. The molecule has 0 aliphatic heterocycles. The number of hydrazine groups is 1. The maximum absolute atomic E-state index is 11.1. The molecule has 0 saturated heterocycles. The van der Waals surface area contributed by atoms with E-state index < -0.39 is 0 Å². The molecule has 510 valence electrons. The Kier molecular flexibility index (Phi) is 57.9. The fraction of sp³-hybridized carbons (Fsp3) is 0.547. The van der Waals surface area contributed by atoms with Crippen molar-refractivity contribution in [2.45, 2.75) is 180 Å². The van der Waals surface area contributed by atoms with Gasteiger partial charge >= 0.3 is 11.9 Å². The van der Waals surface area contributed by atoms with Gasteiger partial charge in [-0.05, 0) is 224 Å². The van der Waals surface area contributed by atoms with Gasteiger partial charge in [-0.2, -0.15) is 0 Å². The zero-order valence-corrected chi connectivity index (χ0v) is 57.3. The Hall–Kier alpha value is -6.61. The Morgan fingerprint density at radius 3 is 1.69 bits per heavy atom. The summed E-state index contributed by atoms with van der Waals surface area (Å²) in [6.45, 7) is 25.6. The van der Waals surface area contributed by atoms with Crippen LogP contribution in [0.1, 0.15) is 179 Å². The number of aliphatic hydroxyl groups excluding tert-OH is 2.